The van der Waals surface area contributed by atoms with Crippen LogP contribution in [0.4, 0.5) is 10.1 Å². The van der Waals surface area contributed by atoms with Crippen LogP contribution in [0.1, 0.15) is 31.9 Å². The summed E-state index contributed by atoms with van der Waals surface area (Å²) >= 11 is 0. The molecule has 0 saturated carbocycles. The van der Waals surface area contributed by atoms with Crippen molar-refractivity contribution in [1.82, 2.24) is 5.12 Å². The van der Waals surface area contributed by atoms with Crippen molar-refractivity contribution in [3.8, 4) is 0 Å². The van der Waals surface area contributed by atoms with Crippen LogP contribution in [0, 0.1) is 12.7 Å². The van der Waals surface area contributed by atoms with E-state index in [2.05, 4.69) is 5.10 Å². The Morgan fingerprint density at radius 1 is 1.39 bits per heavy atom. The molecule has 0 amide bonds. The van der Waals surface area contributed by atoms with Gasteiger partial charge in [0, 0.05) is 5.69 Å². The summed E-state index contributed by atoms with van der Waals surface area (Å²) in [5, 5.41) is 4.94. The number of nitrogens with zero attached hydrogens (tertiary/aromatic N) is 2. The molecule has 18 heavy (non-hydrogen) atoms. The summed E-state index contributed by atoms with van der Waals surface area (Å²) in [6.45, 7) is 8.00. The number of benzene rings is 1. The number of halogens is 1. The van der Waals surface area contributed by atoms with Crippen molar-refractivity contribution in [2.45, 2.75) is 27.7 Å². The van der Waals surface area contributed by atoms with E-state index >= 15 is 0 Å². The first-order valence-electron chi connectivity index (χ1n) is 5.88. The smallest absolute Gasteiger partial charge is 0.155 e. The number of aryl methyl sites for hydroxylation is 1. The third kappa shape index (κ3) is 4.21. The van der Waals surface area contributed by atoms with Crippen LogP contribution < -0.4 is 17.3 Å². The minimum atomic E-state index is -0.461. The van der Waals surface area contributed by atoms with Gasteiger partial charge in [-0.1, -0.05) is 13.8 Å². The molecule has 0 aliphatic carbocycles. The third-order valence-electron chi connectivity index (χ3n) is 2.19. The Hall–Kier alpha value is -1.82. The fourth-order valence-electron chi connectivity index (χ4n) is 1.15. The third-order valence-corrected chi connectivity index (χ3v) is 2.19. The normalized spacial score (nSPS) is 10.7. The van der Waals surface area contributed by atoms with Crippen LogP contribution in [0.2, 0.25) is 0 Å². The molecule has 0 atom stereocenters. The number of nitrogen functional groups attached to an aromatic ring is 1. The lowest BCUT2D eigenvalue weighted by atomic mass is 10.1. The van der Waals surface area contributed by atoms with E-state index in [0.29, 0.717) is 17.8 Å². The zero-order valence-corrected chi connectivity index (χ0v) is 11.4. The maximum atomic E-state index is 13.6. The minimum absolute atomic E-state index is 0.00792. The van der Waals surface area contributed by atoms with Crippen LogP contribution in [0.5, 0.6) is 0 Å². The Morgan fingerprint density at radius 2 is 1.94 bits per heavy atom. The van der Waals surface area contributed by atoms with E-state index in [1.807, 2.05) is 13.8 Å². The predicted octanol–water partition coefficient (Wildman–Crippen LogP) is 1.56. The van der Waals surface area contributed by atoms with Crippen LogP contribution in [-0.2, 0) is 0 Å². The lowest BCUT2D eigenvalue weighted by Gasteiger charge is -2.11. The van der Waals surface area contributed by atoms with E-state index in [4.69, 9.17) is 17.3 Å². The van der Waals surface area contributed by atoms with Gasteiger partial charge in [0.2, 0.25) is 0 Å². The molecule has 0 unspecified atom stereocenters. The molecule has 1 aromatic rings. The molecule has 0 fully saturated rings. The Labute approximate surface area is 107 Å². The molecule has 0 heterocycles. The highest BCUT2D eigenvalue weighted by molar-refractivity contribution is 5.98. The van der Waals surface area contributed by atoms with Gasteiger partial charge in [-0.25, -0.2) is 15.4 Å². The zero-order chi connectivity index (χ0) is 14.3. The standard InChI is InChI=1S/C10H16FN5.C2H6/c1-3-16(14)15-10(13)7-5-9(12)6(2)4-8(7)11;1-2/h4-5H,3,12,14H2,1-2H3,(H2,13,15);1-2H3. The second kappa shape index (κ2) is 7.50. The quantitative estimate of drug-likeness (QED) is 0.251. The van der Waals surface area contributed by atoms with Crippen LogP contribution in [0.15, 0.2) is 17.2 Å². The van der Waals surface area contributed by atoms with Crippen molar-refractivity contribution in [1.29, 1.82) is 0 Å². The van der Waals surface area contributed by atoms with Crippen molar-refractivity contribution >= 4 is 11.5 Å². The monoisotopic (exact) mass is 255 g/mol. The number of rotatable bonds is 3. The molecule has 0 bridgehead atoms. The van der Waals surface area contributed by atoms with Gasteiger partial charge < -0.3 is 11.5 Å². The van der Waals surface area contributed by atoms with Gasteiger partial charge in [0.25, 0.3) is 0 Å². The average Bonchev–Trinajstić information content (AvgIpc) is 2.35. The first-order valence-corrected chi connectivity index (χ1v) is 5.88. The molecule has 5 nitrogen and oxygen atoms in total. The van der Waals surface area contributed by atoms with Gasteiger partial charge in [0.1, 0.15) is 5.82 Å². The first kappa shape index (κ1) is 16.2. The van der Waals surface area contributed by atoms with Crippen molar-refractivity contribution in [3.63, 3.8) is 0 Å². The molecule has 6 N–H and O–H groups in total. The van der Waals surface area contributed by atoms with Gasteiger partial charge in [-0.15, -0.1) is 5.10 Å². The molecule has 1 rings (SSSR count). The van der Waals surface area contributed by atoms with Gasteiger partial charge in [-0.3, -0.25) is 0 Å². The number of nitrogens with two attached hydrogens (primary N) is 3. The molecule has 0 radical (unpaired) electrons. The molecule has 0 aliphatic heterocycles. The summed E-state index contributed by atoms with van der Waals surface area (Å²) in [5.74, 6) is 4.99. The largest absolute Gasteiger partial charge is 0.398 e. The van der Waals surface area contributed by atoms with Crippen LogP contribution in [-0.4, -0.2) is 17.5 Å². The molecule has 0 spiro atoms. The molecule has 102 valence electrons. The highest BCUT2D eigenvalue weighted by Crippen LogP contribution is 2.16. The first-order chi connectivity index (χ1) is 8.45. The van der Waals surface area contributed by atoms with Gasteiger partial charge in [-0.05, 0) is 31.5 Å². The summed E-state index contributed by atoms with van der Waals surface area (Å²) in [6.07, 6.45) is 0. The molecule has 0 aromatic heterocycles. The van der Waals surface area contributed by atoms with E-state index in [1.54, 1.807) is 13.8 Å². The number of hydrazine groups is 1. The average molecular weight is 255 g/mol. The summed E-state index contributed by atoms with van der Waals surface area (Å²) in [6, 6.07) is 2.77. The van der Waals surface area contributed by atoms with Crippen molar-refractivity contribution < 1.29 is 4.39 Å². The molecular formula is C12H22FN5. The number of hydrogen-bond donors (Lipinski definition) is 3. The van der Waals surface area contributed by atoms with Gasteiger partial charge in [0.05, 0.1) is 12.1 Å². The second-order valence-electron chi connectivity index (χ2n) is 3.43. The Balaban J connectivity index is 0.00000137. The van der Waals surface area contributed by atoms with Crippen molar-refractivity contribution in [2.75, 3.05) is 12.3 Å². The van der Waals surface area contributed by atoms with Crippen LogP contribution in [0.25, 0.3) is 0 Å². The summed E-state index contributed by atoms with van der Waals surface area (Å²) in [4.78, 5) is 0. The Kier molecular flexibility index (Phi) is 6.74. The van der Waals surface area contributed by atoms with E-state index in [0.717, 1.165) is 5.12 Å². The fourth-order valence-corrected chi connectivity index (χ4v) is 1.15. The minimum Gasteiger partial charge on any atom is -0.398 e. The van der Waals surface area contributed by atoms with E-state index < -0.39 is 5.82 Å². The number of amidine groups is 1. The summed E-state index contributed by atoms with van der Waals surface area (Å²) in [7, 11) is 0. The maximum absolute atomic E-state index is 13.6. The van der Waals surface area contributed by atoms with Gasteiger partial charge in [0.15, 0.2) is 5.84 Å². The van der Waals surface area contributed by atoms with Gasteiger partial charge >= 0.3 is 0 Å². The van der Waals surface area contributed by atoms with Crippen molar-refractivity contribution in [2.24, 2.45) is 16.7 Å². The molecule has 1 aromatic carbocycles. The second-order valence-corrected chi connectivity index (χ2v) is 3.43. The summed E-state index contributed by atoms with van der Waals surface area (Å²) in [5.41, 5.74) is 12.6. The Morgan fingerprint density at radius 3 is 2.44 bits per heavy atom. The van der Waals surface area contributed by atoms with E-state index in [1.165, 1.54) is 12.1 Å². The van der Waals surface area contributed by atoms with Crippen LogP contribution in [0.3, 0.4) is 0 Å². The Bertz CT molecular complexity index is 417. The zero-order valence-electron chi connectivity index (χ0n) is 11.4. The molecule has 6 heteroatoms. The topological polar surface area (TPSA) is 93.7 Å². The van der Waals surface area contributed by atoms with E-state index in [-0.39, 0.29) is 11.4 Å². The number of hydrazone groups is 1. The summed E-state index contributed by atoms with van der Waals surface area (Å²) < 4.78 is 13.6. The molecular weight excluding hydrogens is 233 g/mol. The molecule has 0 aliphatic rings. The van der Waals surface area contributed by atoms with Crippen molar-refractivity contribution in [3.05, 3.63) is 29.1 Å². The highest BCUT2D eigenvalue weighted by Gasteiger charge is 2.09. The number of hydrogen-bond acceptors (Lipinski definition) is 4. The van der Waals surface area contributed by atoms with E-state index in [9.17, 15) is 4.39 Å². The van der Waals surface area contributed by atoms with Crippen LogP contribution >= 0.6 is 0 Å². The maximum Gasteiger partial charge on any atom is 0.155 e. The predicted molar refractivity (Wildman–Crippen MR) is 74.2 cm³/mol. The van der Waals surface area contributed by atoms with Gasteiger partial charge in [-0.2, -0.15) is 0 Å². The lowest BCUT2D eigenvalue weighted by molar-refractivity contribution is 0.316. The SMILES string of the molecule is CC.CCN(N)/N=C(\N)c1cc(N)c(C)cc1F. The lowest BCUT2D eigenvalue weighted by Crippen LogP contribution is -2.29. The highest BCUT2D eigenvalue weighted by atomic mass is 19.1. The fraction of sp³-hybridized carbons (Fsp3) is 0.417. The molecule has 0 saturated heterocycles. The number of anilines is 1.